The van der Waals surface area contributed by atoms with Crippen LogP contribution in [0.4, 0.5) is 5.69 Å². The molecule has 4 rings (SSSR count). The van der Waals surface area contributed by atoms with E-state index in [2.05, 4.69) is 32.6 Å². The summed E-state index contributed by atoms with van der Waals surface area (Å²) in [4.78, 5) is 29.5. The molecule has 2 aliphatic rings. The van der Waals surface area contributed by atoms with Crippen LogP contribution in [0.15, 0.2) is 54.6 Å². The van der Waals surface area contributed by atoms with Gasteiger partial charge in [0.05, 0.1) is 13.8 Å². The number of carbonyl (C=O) groups excluding carboxylic acids is 2. The highest BCUT2D eigenvalue weighted by Crippen LogP contribution is 2.35. The van der Waals surface area contributed by atoms with Crippen LogP contribution in [0.1, 0.15) is 23.2 Å². The summed E-state index contributed by atoms with van der Waals surface area (Å²) < 4.78 is 5.12. The van der Waals surface area contributed by atoms with Crippen LogP contribution in [-0.4, -0.2) is 62.2 Å². The Morgan fingerprint density at radius 1 is 1.10 bits per heavy atom. The lowest BCUT2D eigenvalue weighted by atomic mass is 9.85. The summed E-state index contributed by atoms with van der Waals surface area (Å²) in [6.45, 7) is 3.56. The molecule has 2 saturated heterocycles. The first-order valence-corrected chi connectivity index (χ1v) is 10.4. The van der Waals surface area contributed by atoms with Crippen LogP contribution in [0, 0.1) is 0 Å². The molecule has 0 saturated carbocycles. The zero-order chi connectivity index (χ0) is 21.0. The summed E-state index contributed by atoms with van der Waals surface area (Å²) in [6.07, 6.45) is 1.56. The number of hydrogen-bond acceptors (Lipinski definition) is 5. The van der Waals surface area contributed by atoms with Crippen molar-refractivity contribution in [2.75, 3.05) is 44.9 Å². The molecule has 2 heterocycles. The number of nitrogens with one attached hydrogen (secondary N) is 2. The fraction of sp³-hybridized carbons (Fsp3) is 0.391. The molecule has 1 spiro atoms. The molecule has 158 valence electrons. The second kappa shape index (κ2) is 8.75. The third kappa shape index (κ3) is 3.98. The average molecular weight is 409 g/mol. The highest BCUT2D eigenvalue weighted by Gasteiger charge is 2.50. The van der Waals surface area contributed by atoms with Gasteiger partial charge in [-0.1, -0.05) is 18.2 Å². The Hall–Kier alpha value is -3.06. The molecule has 2 aromatic rings. The molecule has 2 N–H and O–H groups in total. The predicted octanol–water partition coefficient (Wildman–Crippen LogP) is 1.85. The number of likely N-dealkylation sites (tertiary alicyclic amines) is 1. The smallest absolute Gasteiger partial charge is 0.251 e. The molecule has 0 bridgehead atoms. The maximum atomic E-state index is 12.7. The van der Waals surface area contributed by atoms with E-state index >= 15 is 0 Å². The van der Waals surface area contributed by atoms with Gasteiger partial charge in [-0.2, -0.15) is 0 Å². The minimum atomic E-state index is -0.468. The molecule has 2 amide bonds. The molecule has 7 heteroatoms. The van der Waals surface area contributed by atoms with Crippen molar-refractivity contribution < 1.29 is 14.3 Å². The summed E-state index contributed by atoms with van der Waals surface area (Å²) in [5.41, 5.74) is 1.23. The SMILES string of the molecule is COc1ccc(C(=O)NCCN2CCC3(CC2)C(=O)NCN3c2ccccc2)cc1. The van der Waals surface area contributed by atoms with Crippen LogP contribution >= 0.6 is 0 Å². The highest BCUT2D eigenvalue weighted by atomic mass is 16.5. The van der Waals surface area contributed by atoms with Crippen molar-refractivity contribution >= 4 is 17.5 Å². The average Bonchev–Trinajstić information content (AvgIpc) is 3.11. The number of piperidine rings is 1. The fourth-order valence-corrected chi connectivity index (χ4v) is 4.35. The van der Waals surface area contributed by atoms with Crippen LogP contribution in [0.3, 0.4) is 0 Å². The van der Waals surface area contributed by atoms with Gasteiger partial charge < -0.3 is 25.2 Å². The van der Waals surface area contributed by atoms with Gasteiger partial charge in [-0.15, -0.1) is 0 Å². The first-order chi connectivity index (χ1) is 14.6. The van der Waals surface area contributed by atoms with E-state index in [9.17, 15) is 9.59 Å². The van der Waals surface area contributed by atoms with Gasteiger partial charge in [0.25, 0.3) is 5.91 Å². The summed E-state index contributed by atoms with van der Waals surface area (Å²) in [5.74, 6) is 0.768. The van der Waals surface area contributed by atoms with Crippen LogP contribution in [0.25, 0.3) is 0 Å². The van der Waals surface area contributed by atoms with Crippen LogP contribution in [0.2, 0.25) is 0 Å². The molecular formula is C23H28N4O3. The van der Waals surface area contributed by atoms with Crippen LogP contribution < -0.4 is 20.3 Å². The van der Waals surface area contributed by atoms with Gasteiger partial charge in [0, 0.05) is 37.4 Å². The third-order valence-electron chi connectivity index (χ3n) is 6.15. The highest BCUT2D eigenvalue weighted by molar-refractivity contribution is 5.94. The lowest BCUT2D eigenvalue weighted by molar-refractivity contribution is -0.125. The first kappa shape index (κ1) is 20.2. The molecule has 2 aromatic carbocycles. The Kier molecular flexibility index (Phi) is 5.90. The van der Waals surface area contributed by atoms with E-state index in [1.54, 1.807) is 31.4 Å². The number of hydrogen-bond donors (Lipinski definition) is 2. The lowest BCUT2D eigenvalue weighted by Gasteiger charge is -2.43. The molecule has 2 aliphatic heterocycles. The Morgan fingerprint density at radius 2 is 1.80 bits per heavy atom. The summed E-state index contributed by atoms with van der Waals surface area (Å²) >= 11 is 0. The van der Waals surface area contributed by atoms with Gasteiger partial charge in [0.2, 0.25) is 5.91 Å². The van der Waals surface area contributed by atoms with E-state index < -0.39 is 5.54 Å². The summed E-state index contributed by atoms with van der Waals surface area (Å²) in [7, 11) is 1.60. The monoisotopic (exact) mass is 408 g/mol. The van der Waals surface area contributed by atoms with Gasteiger partial charge in [-0.25, -0.2) is 0 Å². The number of methoxy groups -OCH3 is 1. The Labute approximate surface area is 177 Å². The van der Waals surface area contributed by atoms with E-state index in [4.69, 9.17) is 4.74 Å². The predicted molar refractivity (Wildman–Crippen MR) is 116 cm³/mol. The van der Waals surface area contributed by atoms with Gasteiger partial charge in [0.15, 0.2) is 0 Å². The molecular weight excluding hydrogens is 380 g/mol. The van der Waals surface area contributed by atoms with Gasteiger partial charge in [-0.05, 0) is 49.2 Å². The largest absolute Gasteiger partial charge is 0.497 e. The van der Waals surface area contributed by atoms with E-state index in [0.717, 1.165) is 43.9 Å². The second-order valence-electron chi connectivity index (χ2n) is 7.79. The molecule has 0 atom stereocenters. The number of nitrogens with zero attached hydrogens (tertiary/aromatic N) is 2. The van der Waals surface area contributed by atoms with Crippen molar-refractivity contribution in [3.05, 3.63) is 60.2 Å². The molecule has 0 unspecified atom stereocenters. The fourth-order valence-electron chi connectivity index (χ4n) is 4.35. The number of rotatable bonds is 6. The minimum Gasteiger partial charge on any atom is -0.497 e. The van der Waals surface area contributed by atoms with Crippen molar-refractivity contribution in [2.24, 2.45) is 0 Å². The van der Waals surface area contributed by atoms with Gasteiger partial charge in [-0.3, -0.25) is 9.59 Å². The van der Waals surface area contributed by atoms with E-state index in [1.165, 1.54) is 0 Å². The van der Waals surface area contributed by atoms with Crippen molar-refractivity contribution in [2.45, 2.75) is 18.4 Å². The summed E-state index contributed by atoms with van der Waals surface area (Å²) in [6, 6.07) is 17.2. The molecule has 0 aromatic heterocycles. The van der Waals surface area contributed by atoms with E-state index in [0.29, 0.717) is 18.8 Å². The number of carbonyl (C=O) groups is 2. The van der Waals surface area contributed by atoms with E-state index in [1.807, 2.05) is 18.2 Å². The molecule has 0 radical (unpaired) electrons. The van der Waals surface area contributed by atoms with Crippen molar-refractivity contribution in [1.82, 2.24) is 15.5 Å². The Bertz CT molecular complexity index is 877. The number of benzene rings is 2. The van der Waals surface area contributed by atoms with Crippen molar-refractivity contribution in [1.29, 1.82) is 0 Å². The maximum Gasteiger partial charge on any atom is 0.251 e. The standard InChI is InChI=1S/C23H28N4O3/c1-30-20-9-7-18(8-10-20)21(28)24-13-16-26-14-11-23(12-15-26)22(29)25-17-27(23)19-5-3-2-4-6-19/h2-10H,11-17H2,1H3,(H,24,28)(H,25,29). The van der Waals surface area contributed by atoms with Crippen molar-refractivity contribution in [3.8, 4) is 5.75 Å². The first-order valence-electron chi connectivity index (χ1n) is 10.4. The number of anilines is 1. The molecule has 30 heavy (non-hydrogen) atoms. The zero-order valence-corrected chi connectivity index (χ0v) is 17.3. The molecule has 7 nitrogen and oxygen atoms in total. The molecule has 0 aliphatic carbocycles. The number of para-hydroxylation sites is 1. The normalized spacial score (nSPS) is 18.3. The Morgan fingerprint density at radius 3 is 2.47 bits per heavy atom. The van der Waals surface area contributed by atoms with Crippen molar-refractivity contribution in [3.63, 3.8) is 0 Å². The third-order valence-corrected chi connectivity index (χ3v) is 6.15. The van der Waals surface area contributed by atoms with E-state index in [-0.39, 0.29) is 11.8 Å². The van der Waals surface area contributed by atoms with Gasteiger partial charge >= 0.3 is 0 Å². The lowest BCUT2D eigenvalue weighted by Crippen LogP contribution is -2.57. The van der Waals surface area contributed by atoms with Gasteiger partial charge in [0.1, 0.15) is 11.3 Å². The zero-order valence-electron chi connectivity index (χ0n) is 17.3. The molecule has 2 fully saturated rings. The van der Waals surface area contributed by atoms with Crippen LogP contribution in [0.5, 0.6) is 5.75 Å². The number of amides is 2. The summed E-state index contributed by atoms with van der Waals surface area (Å²) in [5, 5.41) is 6.01. The maximum absolute atomic E-state index is 12.7. The number of ether oxygens (including phenoxy) is 1. The topological polar surface area (TPSA) is 73.9 Å². The minimum absolute atomic E-state index is 0.0865. The van der Waals surface area contributed by atoms with Crippen LogP contribution in [-0.2, 0) is 4.79 Å². The second-order valence-corrected chi connectivity index (χ2v) is 7.79. The quantitative estimate of drug-likeness (QED) is 0.763. The Balaban J connectivity index is 1.29.